The minimum Gasteiger partial charge on any atom is -0.352 e. The predicted molar refractivity (Wildman–Crippen MR) is 114 cm³/mol. The van der Waals surface area contributed by atoms with E-state index >= 15 is 0 Å². The van der Waals surface area contributed by atoms with Gasteiger partial charge in [-0.05, 0) is 67.5 Å². The van der Waals surface area contributed by atoms with E-state index in [1.807, 2.05) is 6.07 Å². The smallest absolute Gasteiger partial charge is 0.279 e. The first-order valence-electron chi connectivity index (χ1n) is 9.67. The van der Waals surface area contributed by atoms with Crippen LogP contribution in [0.2, 0.25) is 5.02 Å². The number of thiophene rings is 1. The first-order valence-corrected chi connectivity index (χ1v) is 10.9. The Labute approximate surface area is 179 Å². The maximum Gasteiger partial charge on any atom is 0.279 e. The van der Waals surface area contributed by atoms with Crippen molar-refractivity contribution in [3.8, 4) is 0 Å². The highest BCUT2D eigenvalue weighted by molar-refractivity contribution is 7.14. The molecule has 1 aromatic carbocycles. The highest BCUT2D eigenvalue weighted by Gasteiger charge is 2.20. The maximum atomic E-state index is 12.3. The van der Waals surface area contributed by atoms with Crippen molar-refractivity contribution in [2.24, 2.45) is 5.92 Å². The van der Waals surface area contributed by atoms with Crippen LogP contribution in [0.1, 0.15) is 56.7 Å². The Morgan fingerprint density at radius 3 is 2.66 bits per heavy atom. The van der Waals surface area contributed by atoms with E-state index in [0.717, 1.165) is 19.3 Å². The number of hydrazine groups is 1. The third-order valence-corrected chi connectivity index (χ3v) is 6.33. The summed E-state index contributed by atoms with van der Waals surface area (Å²) < 4.78 is 0. The number of rotatable bonds is 6. The first kappa shape index (κ1) is 21.3. The van der Waals surface area contributed by atoms with Crippen LogP contribution >= 0.6 is 22.9 Å². The summed E-state index contributed by atoms with van der Waals surface area (Å²) in [6.45, 7) is 2.58. The molecule has 0 saturated heterocycles. The minimum absolute atomic E-state index is 0.194. The maximum absolute atomic E-state index is 12.3. The van der Waals surface area contributed by atoms with Crippen molar-refractivity contribution in [1.29, 1.82) is 0 Å². The van der Waals surface area contributed by atoms with Crippen LogP contribution in [0.15, 0.2) is 30.3 Å². The number of nitrogens with one attached hydrogen (secondary N) is 3. The van der Waals surface area contributed by atoms with Gasteiger partial charge in [0.15, 0.2) is 0 Å². The quantitative estimate of drug-likeness (QED) is 0.481. The van der Waals surface area contributed by atoms with Gasteiger partial charge in [-0.15, -0.1) is 11.3 Å². The predicted octanol–water partition coefficient (Wildman–Crippen LogP) is 3.50. The van der Waals surface area contributed by atoms with Crippen LogP contribution in [0, 0.1) is 5.92 Å². The second-order valence-electron chi connectivity index (χ2n) is 7.28. The van der Waals surface area contributed by atoms with Gasteiger partial charge in [-0.25, -0.2) is 0 Å². The lowest BCUT2D eigenvalue weighted by molar-refractivity contribution is -0.121. The molecule has 1 aliphatic carbocycles. The van der Waals surface area contributed by atoms with Crippen molar-refractivity contribution >= 4 is 40.7 Å². The van der Waals surface area contributed by atoms with E-state index in [1.54, 1.807) is 24.3 Å². The van der Waals surface area contributed by atoms with Crippen LogP contribution in [0.3, 0.4) is 0 Å². The fraction of sp³-hybridized carbons (Fsp3) is 0.381. The number of aryl methyl sites for hydroxylation is 1. The third-order valence-electron chi connectivity index (χ3n) is 4.84. The van der Waals surface area contributed by atoms with Crippen LogP contribution < -0.4 is 16.2 Å². The van der Waals surface area contributed by atoms with Gasteiger partial charge >= 0.3 is 0 Å². The van der Waals surface area contributed by atoms with Crippen molar-refractivity contribution in [3.63, 3.8) is 0 Å². The number of benzene rings is 1. The Balaban J connectivity index is 1.35. The molecule has 0 radical (unpaired) electrons. The summed E-state index contributed by atoms with van der Waals surface area (Å²) in [6, 6.07) is 8.52. The number of amides is 3. The van der Waals surface area contributed by atoms with Gasteiger partial charge in [0.2, 0.25) is 5.91 Å². The van der Waals surface area contributed by atoms with Crippen LogP contribution in [-0.4, -0.2) is 24.3 Å². The van der Waals surface area contributed by atoms with E-state index in [1.165, 1.54) is 21.8 Å². The molecule has 2 aromatic rings. The summed E-state index contributed by atoms with van der Waals surface area (Å²) >= 11 is 7.30. The zero-order valence-electron chi connectivity index (χ0n) is 16.2. The Bertz CT molecular complexity index is 895. The summed E-state index contributed by atoms with van der Waals surface area (Å²) in [6.07, 6.45) is 3.83. The first-order chi connectivity index (χ1) is 13.9. The van der Waals surface area contributed by atoms with Gasteiger partial charge in [-0.3, -0.25) is 25.2 Å². The minimum atomic E-state index is -0.297. The van der Waals surface area contributed by atoms with Gasteiger partial charge in [-0.1, -0.05) is 18.5 Å². The molecule has 1 unspecified atom stereocenters. The molecule has 3 N–H and O–H groups in total. The van der Waals surface area contributed by atoms with E-state index in [-0.39, 0.29) is 24.1 Å². The summed E-state index contributed by atoms with van der Waals surface area (Å²) in [4.78, 5) is 38.0. The van der Waals surface area contributed by atoms with Gasteiger partial charge in [0.1, 0.15) is 0 Å². The lowest BCUT2D eigenvalue weighted by Gasteiger charge is -2.16. The van der Waals surface area contributed by atoms with Crippen LogP contribution in [-0.2, 0) is 17.6 Å². The summed E-state index contributed by atoms with van der Waals surface area (Å²) in [5.41, 5.74) is 6.67. The second-order valence-corrected chi connectivity index (χ2v) is 8.85. The molecule has 0 bridgehead atoms. The molecule has 3 rings (SSSR count). The molecule has 6 nitrogen and oxygen atoms in total. The van der Waals surface area contributed by atoms with Gasteiger partial charge < -0.3 is 5.32 Å². The van der Waals surface area contributed by atoms with E-state index in [0.29, 0.717) is 34.3 Å². The molecular formula is C21H24ClN3O3S. The Morgan fingerprint density at radius 2 is 1.90 bits per heavy atom. The highest BCUT2D eigenvalue weighted by Crippen LogP contribution is 2.32. The van der Waals surface area contributed by atoms with Crippen molar-refractivity contribution < 1.29 is 14.4 Å². The van der Waals surface area contributed by atoms with E-state index in [9.17, 15) is 14.4 Å². The Hall–Kier alpha value is -2.38. The van der Waals surface area contributed by atoms with Gasteiger partial charge in [-0.2, -0.15) is 0 Å². The molecule has 3 amide bonds. The number of hydrogen-bond donors (Lipinski definition) is 3. The standard InChI is InChI=1S/C21H24ClN3O3S/c1-13-4-9-17-15(11-13)12-18(29-17)21(28)25-24-19(26)3-2-10-23-20(27)14-5-7-16(22)8-6-14/h5-8,12-13H,2-4,9-11H2,1H3,(H,23,27)(H,24,26)(H,25,28). The molecule has 8 heteroatoms. The number of hydrogen-bond acceptors (Lipinski definition) is 4. The van der Waals surface area contributed by atoms with Crippen LogP contribution in [0.4, 0.5) is 0 Å². The Morgan fingerprint density at radius 1 is 1.14 bits per heavy atom. The molecule has 0 aliphatic heterocycles. The average molecular weight is 434 g/mol. The molecule has 29 heavy (non-hydrogen) atoms. The normalized spacial score (nSPS) is 15.3. The SMILES string of the molecule is CC1CCc2sc(C(=O)NNC(=O)CCCNC(=O)c3ccc(Cl)cc3)cc2C1. The van der Waals surface area contributed by atoms with Crippen molar-refractivity contribution in [2.45, 2.75) is 39.0 Å². The zero-order chi connectivity index (χ0) is 20.8. The van der Waals surface area contributed by atoms with Gasteiger partial charge in [0.05, 0.1) is 4.88 Å². The Kier molecular flexibility index (Phi) is 7.28. The largest absolute Gasteiger partial charge is 0.352 e. The highest BCUT2D eigenvalue weighted by atomic mass is 35.5. The van der Waals surface area contributed by atoms with Gasteiger partial charge in [0.25, 0.3) is 11.8 Å². The van der Waals surface area contributed by atoms with E-state index in [4.69, 9.17) is 11.6 Å². The number of carbonyl (C=O) groups is 3. The summed E-state index contributed by atoms with van der Waals surface area (Å²) in [5.74, 6) is -0.158. The average Bonchev–Trinajstić information content (AvgIpc) is 3.13. The summed E-state index contributed by atoms with van der Waals surface area (Å²) in [7, 11) is 0. The fourth-order valence-electron chi connectivity index (χ4n) is 3.22. The molecule has 1 heterocycles. The molecule has 0 fully saturated rings. The summed E-state index contributed by atoms with van der Waals surface area (Å²) in [5, 5.41) is 3.32. The lowest BCUT2D eigenvalue weighted by Crippen LogP contribution is -2.41. The van der Waals surface area contributed by atoms with Crippen molar-refractivity contribution in [1.82, 2.24) is 16.2 Å². The van der Waals surface area contributed by atoms with Crippen LogP contribution in [0.5, 0.6) is 0 Å². The molecule has 0 spiro atoms. The van der Waals surface area contributed by atoms with Gasteiger partial charge in [0, 0.05) is 28.4 Å². The molecule has 1 atom stereocenters. The van der Waals surface area contributed by atoms with Crippen LogP contribution in [0.25, 0.3) is 0 Å². The number of halogens is 1. The second kappa shape index (κ2) is 9.89. The topological polar surface area (TPSA) is 87.3 Å². The molecule has 154 valence electrons. The molecule has 1 aromatic heterocycles. The number of fused-ring (bicyclic) bond motifs is 1. The van der Waals surface area contributed by atoms with E-state index < -0.39 is 0 Å². The monoisotopic (exact) mass is 433 g/mol. The number of carbonyl (C=O) groups excluding carboxylic acids is 3. The fourth-order valence-corrected chi connectivity index (χ4v) is 4.45. The molecular weight excluding hydrogens is 410 g/mol. The third kappa shape index (κ3) is 6.05. The zero-order valence-corrected chi connectivity index (χ0v) is 17.8. The lowest BCUT2D eigenvalue weighted by atomic mass is 9.90. The molecule has 0 saturated carbocycles. The molecule has 1 aliphatic rings. The van der Waals surface area contributed by atoms with Crippen molar-refractivity contribution in [2.75, 3.05) is 6.54 Å². The van der Waals surface area contributed by atoms with E-state index in [2.05, 4.69) is 23.1 Å². The van der Waals surface area contributed by atoms with Crippen molar-refractivity contribution in [3.05, 3.63) is 56.2 Å².